The minimum absolute atomic E-state index is 0.707. The Balaban J connectivity index is 2.54. The predicted octanol–water partition coefficient (Wildman–Crippen LogP) is 3.25. The van der Waals surface area contributed by atoms with E-state index in [4.69, 9.17) is 9.16 Å². The SMILES string of the molecule is C=CC1=CC(OCCC[N+](C)(C)CC)=C=CC1=[O+]CCC[N+](C)(C)CC. The smallest absolute Gasteiger partial charge is 0.358 e. The number of ether oxygens (including phenoxy) is 1. The van der Waals surface area contributed by atoms with E-state index in [-0.39, 0.29) is 0 Å². The van der Waals surface area contributed by atoms with Crippen LogP contribution in [0.4, 0.5) is 0 Å². The van der Waals surface area contributed by atoms with Gasteiger partial charge in [0.1, 0.15) is 0 Å². The Labute approximate surface area is 160 Å². The van der Waals surface area contributed by atoms with Crippen LogP contribution in [0.2, 0.25) is 0 Å². The second-order valence-electron chi connectivity index (χ2n) is 8.18. The second kappa shape index (κ2) is 10.5. The van der Waals surface area contributed by atoms with Crippen molar-refractivity contribution in [3.63, 3.8) is 0 Å². The summed E-state index contributed by atoms with van der Waals surface area (Å²) in [6.07, 6.45) is 7.72. The van der Waals surface area contributed by atoms with E-state index in [1.54, 1.807) is 0 Å². The molecule has 0 aromatic rings. The van der Waals surface area contributed by atoms with E-state index in [2.05, 4.69) is 54.3 Å². The lowest BCUT2D eigenvalue weighted by molar-refractivity contribution is -0.889. The lowest BCUT2D eigenvalue weighted by Gasteiger charge is -2.28. The third-order valence-corrected chi connectivity index (χ3v) is 5.18. The van der Waals surface area contributed by atoms with Gasteiger partial charge in [0.2, 0.25) is 0 Å². The van der Waals surface area contributed by atoms with Crippen LogP contribution in [0.1, 0.15) is 26.7 Å². The average molecular weight is 364 g/mol. The van der Waals surface area contributed by atoms with Crippen LogP contribution in [0, 0.1) is 0 Å². The second-order valence-corrected chi connectivity index (χ2v) is 8.18. The van der Waals surface area contributed by atoms with Crippen LogP contribution in [0.25, 0.3) is 0 Å². The number of rotatable bonds is 12. The molecule has 0 saturated carbocycles. The van der Waals surface area contributed by atoms with Gasteiger partial charge in [0.15, 0.2) is 5.76 Å². The van der Waals surface area contributed by atoms with E-state index in [1.165, 1.54) is 0 Å². The van der Waals surface area contributed by atoms with Gasteiger partial charge in [-0.25, -0.2) is 0 Å². The summed E-state index contributed by atoms with van der Waals surface area (Å²) in [6, 6.07) is 0. The highest BCUT2D eigenvalue weighted by Crippen LogP contribution is 2.13. The van der Waals surface area contributed by atoms with Crippen LogP contribution in [-0.4, -0.2) is 82.3 Å². The molecule has 4 heteroatoms. The van der Waals surface area contributed by atoms with Crippen molar-refractivity contribution in [3.8, 4) is 0 Å². The molecular weight excluding hydrogens is 324 g/mol. The average Bonchev–Trinajstić information content (AvgIpc) is 2.63. The van der Waals surface area contributed by atoms with Crippen molar-refractivity contribution < 1.29 is 18.1 Å². The van der Waals surface area contributed by atoms with Crippen LogP contribution in [0.5, 0.6) is 0 Å². The van der Waals surface area contributed by atoms with E-state index in [0.717, 1.165) is 65.1 Å². The summed E-state index contributed by atoms with van der Waals surface area (Å²) >= 11 is 0. The molecule has 0 saturated heterocycles. The molecule has 0 unspecified atom stereocenters. The molecule has 0 spiro atoms. The molecule has 0 atom stereocenters. The first-order chi connectivity index (χ1) is 12.2. The lowest BCUT2D eigenvalue weighted by Crippen LogP contribution is -2.40. The van der Waals surface area contributed by atoms with E-state index >= 15 is 0 Å². The molecule has 0 amide bonds. The summed E-state index contributed by atoms with van der Waals surface area (Å²) in [7, 11) is 8.98. The molecule has 1 aliphatic rings. The topological polar surface area (TPSA) is 20.5 Å². The van der Waals surface area contributed by atoms with Crippen molar-refractivity contribution in [1.82, 2.24) is 0 Å². The molecule has 26 heavy (non-hydrogen) atoms. The largest absolute Gasteiger partial charge is 0.486 e. The molecule has 0 heterocycles. The molecular formula is C22H39N2O2+3. The van der Waals surface area contributed by atoms with Gasteiger partial charge >= 0.3 is 5.78 Å². The van der Waals surface area contributed by atoms with Crippen LogP contribution in [0.3, 0.4) is 0 Å². The highest BCUT2D eigenvalue weighted by atomic mass is 16.5. The number of quaternary nitrogens is 2. The van der Waals surface area contributed by atoms with E-state index in [9.17, 15) is 0 Å². The van der Waals surface area contributed by atoms with Crippen molar-refractivity contribution >= 4 is 5.78 Å². The maximum Gasteiger partial charge on any atom is 0.358 e. The third-order valence-electron chi connectivity index (χ3n) is 5.18. The molecule has 1 aliphatic carbocycles. The Bertz CT molecular complexity index is 591. The van der Waals surface area contributed by atoms with Gasteiger partial charge in [-0.3, -0.25) is 4.42 Å². The van der Waals surface area contributed by atoms with Crippen LogP contribution in [0.15, 0.2) is 41.9 Å². The van der Waals surface area contributed by atoms with Gasteiger partial charge in [-0.1, -0.05) is 18.4 Å². The van der Waals surface area contributed by atoms with Gasteiger partial charge in [0, 0.05) is 12.5 Å². The van der Waals surface area contributed by atoms with Gasteiger partial charge in [-0.2, -0.15) is 0 Å². The minimum Gasteiger partial charge on any atom is -0.486 e. The quantitative estimate of drug-likeness (QED) is 0.226. The number of allylic oxidation sites excluding steroid dienone is 3. The van der Waals surface area contributed by atoms with Crippen LogP contribution in [-0.2, 0) is 9.16 Å². The summed E-state index contributed by atoms with van der Waals surface area (Å²) in [5.74, 6) is 1.59. The van der Waals surface area contributed by atoms with Crippen molar-refractivity contribution in [3.05, 3.63) is 41.9 Å². The Morgan fingerprint density at radius 2 is 1.69 bits per heavy atom. The van der Waals surface area contributed by atoms with Crippen molar-refractivity contribution in [2.45, 2.75) is 26.7 Å². The molecule has 0 bridgehead atoms. The highest BCUT2D eigenvalue weighted by molar-refractivity contribution is 6.07. The molecule has 146 valence electrons. The van der Waals surface area contributed by atoms with Gasteiger partial charge < -0.3 is 13.7 Å². The van der Waals surface area contributed by atoms with E-state index in [1.807, 2.05) is 18.2 Å². The van der Waals surface area contributed by atoms with Crippen molar-refractivity contribution in [2.24, 2.45) is 0 Å². The van der Waals surface area contributed by atoms with Gasteiger partial charge in [0.05, 0.1) is 79.0 Å². The molecule has 4 nitrogen and oxygen atoms in total. The summed E-state index contributed by atoms with van der Waals surface area (Å²) in [6.45, 7) is 14.2. The lowest BCUT2D eigenvalue weighted by atomic mass is 10.1. The Morgan fingerprint density at radius 1 is 1.08 bits per heavy atom. The number of hydrogen-bond donors (Lipinski definition) is 0. The summed E-state index contributed by atoms with van der Waals surface area (Å²) in [5.41, 5.74) is 4.15. The highest BCUT2D eigenvalue weighted by Gasteiger charge is 2.19. The van der Waals surface area contributed by atoms with Crippen molar-refractivity contribution in [2.75, 3.05) is 67.6 Å². The fourth-order valence-corrected chi connectivity index (χ4v) is 2.51. The Hall–Kier alpha value is -1.61. The number of ketones is 1. The van der Waals surface area contributed by atoms with Crippen LogP contribution < -0.4 is 0 Å². The zero-order valence-electron chi connectivity index (χ0n) is 17.8. The number of nitrogens with zero attached hydrogens (tertiary/aromatic N) is 2. The summed E-state index contributed by atoms with van der Waals surface area (Å²) in [4.78, 5) is 0. The Morgan fingerprint density at radius 3 is 2.27 bits per heavy atom. The maximum absolute atomic E-state index is 5.94. The zero-order chi connectivity index (χ0) is 19.6. The summed E-state index contributed by atoms with van der Waals surface area (Å²) < 4.78 is 13.8. The van der Waals surface area contributed by atoms with Gasteiger partial charge in [-0.05, 0) is 13.8 Å². The predicted molar refractivity (Wildman–Crippen MR) is 110 cm³/mol. The molecule has 0 fully saturated rings. The zero-order valence-corrected chi connectivity index (χ0v) is 17.8. The first-order valence-electron chi connectivity index (χ1n) is 9.81. The monoisotopic (exact) mass is 363 g/mol. The number of carbonyl (C=O) groups excluding carboxylic acids is 1. The molecule has 0 aromatic heterocycles. The first kappa shape index (κ1) is 22.4. The molecule has 0 radical (unpaired) electrons. The standard InChI is InChI=1S/C22H39N2O2/c1-8-20-19-21(25-17-11-15-23(4,5)9-2)13-14-22(20)26-18-12-16-24(6,7)10-3/h8,14,19H,1,9-12,15-18H2,2-7H3/q+3. The fourth-order valence-electron chi connectivity index (χ4n) is 2.51. The molecule has 0 N–H and O–H groups in total. The fraction of sp³-hybridized carbons (Fsp3) is 0.636. The van der Waals surface area contributed by atoms with E-state index < -0.39 is 0 Å². The van der Waals surface area contributed by atoms with Crippen molar-refractivity contribution in [1.29, 1.82) is 0 Å². The van der Waals surface area contributed by atoms with E-state index in [0.29, 0.717) is 13.2 Å². The first-order valence-corrected chi connectivity index (χ1v) is 9.81. The number of hydrogen-bond acceptors (Lipinski definition) is 1. The van der Waals surface area contributed by atoms with Crippen LogP contribution >= 0.6 is 0 Å². The normalized spacial score (nSPS) is 16.5. The van der Waals surface area contributed by atoms with Gasteiger partial charge in [-0.15, -0.1) is 0 Å². The molecule has 0 aromatic carbocycles. The third kappa shape index (κ3) is 8.18. The van der Waals surface area contributed by atoms with Gasteiger partial charge in [0.25, 0.3) is 6.61 Å². The molecule has 0 aliphatic heterocycles. The minimum atomic E-state index is 0.707. The maximum atomic E-state index is 5.94. The Kier molecular flexibility index (Phi) is 9.07. The summed E-state index contributed by atoms with van der Waals surface area (Å²) in [5, 5.41) is 0. The molecule has 1 rings (SSSR count).